The first-order valence-electron chi connectivity index (χ1n) is 20.2. The molecule has 0 aromatic heterocycles. The van der Waals surface area contributed by atoms with E-state index in [0.717, 1.165) is 32.5 Å². The van der Waals surface area contributed by atoms with Crippen LogP contribution in [0.15, 0.2) is 12.7 Å². The van der Waals surface area contributed by atoms with Crippen molar-refractivity contribution in [1.29, 1.82) is 0 Å². The molecule has 4 heteroatoms. The molecule has 0 aliphatic heterocycles. The molecule has 270 valence electrons. The maximum atomic E-state index is 13.3. The van der Waals surface area contributed by atoms with Gasteiger partial charge in [-0.2, -0.15) is 0 Å². The summed E-state index contributed by atoms with van der Waals surface area (Å²) in [6.45, 7) is 11.8. The third-order valence-electron chi connectivity index (χ3n) is 9.60. The molecule has 0 aliphatic rings. The number of amides is 1. The molecular weight excluding hydrogens is 572 g/mol. The van der Waals surface area contributed by atoms with Crippen LogP contribution in [0, 0.1) is 0 Å². The molecule has 3 nitrogen and oxygen atoms in total. The summed E-state index contributed by atoms with van der Waals surface area (Å²) >= 11 is 0. The second-order valence-corrected chi connectivity index (χ2v) is 14.8. The average Bonchev–Trinajstić information content (AvgIpc) is 2.99. The zero-order valence-corrected chi connectivity index (χ0v) is 32.3. The number of hydrogen-bond acceptors (Lipinski definition) is 1. The Morgan fingerprint density at radius 2 is 0.733 bits per heavy atom. The van der Waals surface area contributed by atoms with Crippen molar-refractivity contribution in [2.45, 2.75) is 206 Å². The zero-order chi connectivity index (χ0) is 32.4. The molecule has 0 saturated heterocycles. The molecule has 0 N–H and O–H groups in total. The quantitative estimate of drug-likeness (QED) is 0.0374. The zero-order valence-electron chi connectivity index (χ0n) is 31.5. The standard InChI is InChI=1S/C41H83N2O.ClH/c1-6-9-11-13-15-17-19-21-23-24-26-28-30-32-34-36-38-42(41(44)40-43(4,5)39-8-3)37-35-33-31-29-27-25-22-20-18-16-14-12-10-7-2;/h8H,3,6-7,9-40H2,1-2,4-5H3;1H/q+1;/p-1. The van der Waals surface area contributed by atoms with Gasteiger partial charge in [0, 0.05) is 13.1 Å². The summed E-state index contributed by atoms with van der Waals surface area (Å²) < 4.78 is 0.705. The van der Waals surface area contributed by atoms with Crippen molar-refractivity contribution in [2.75, 3.05) is 40.3 Å². The predicted molar refractivity (Wildman–Crippen MR) is 198 cm³/mol. The number of likely N-dealkylation sites (N-methyl/N-ethyl adjacent to an activating group) is 1. The van der Waals surface area contributed by atoms with Gasteiger partial charge < -0.3 is 21.8 Å². The van der Waals surface area contributed by atoms with E-state index in [1.165, 1.54) is 180 Å². The molecule has 0 bridgehead atoms. The molecule has 0 rings (SSSR count). The van der Waals surface area contributed by atoms with Gasteiger partial charge in [-0.25, -0.2) is 0 Å². The van der Waals surface area contributed by atoms with E-state index in [0.29, 0.717) is 16.9 Å². The fourth-order valence-electron chi connectivity index (χ4n) is 6.59. The number of carbonyl (C=O) groups is 1. The highest BCUT2D eigenvalue weighted by Crippen LogP contribution is 2.16. The van der Waals surface area contributed by atoms with Crippen molar-refractivity contribution < 1.29 is 21.7 Å². The number of carbonyl (C=O) groups excluding carboxylic acids is 1. The molecule has 0 aliphatic carbocycles. The van der Waals surface area contributed by atoms with Gasteiger partial charge in [0.25, 0.3) is 5.91 Å². The largest absolute Gasteiger partial charge is 1.00 e. The minimum Gasteiger partial charge on any atom is -1.00 e. The van der Waals surface area contributed by atoms with Gasteiger partial charge in [-0.3, -0.25) is 4.79 Å². The number of hydrogen-bond donors (Lipinski definition) is 0. The Kier molecular flexibility index (Phi) is 37.6. The van der Waals surface area contributed by atoms with Crippen molar-refractivity contribution in [3.05, 3.63) is 12.7 Å². The van der Waals surface area contributed by atoms with E-state index in [4.69, 9.17) is 0 Å². The fourth-order valence-corrected chi connectivity index (χ4v) is 6.59. The van der Waals surface area contributed by atoms with Crippen LogP contribution in [-0.4, -0.2) is 55.6 Å². The van der Waals surface area contributed by atoms with Gasteiger partial charge in [0.2, 0.25) is 0 Å². The summed E-state index contributed by atoms with van der Waals surface area (Å²) in [4.78, 5) is 15.5. The molecule has 0 unspecified atom stereocenters. The van der Waals surface area contributed by atoms with Gasteiger partial charge in [-0.1, -0.05) is 200 Å². The lowest BCUT2D eigenvalue weighted by atomic mass is 10.0. The number of quaternary nitrogens is 1. The van der Waals surface area contributed by atoms with Crippen LogP contribution < -0.4 is 12.4 Å². The molecule has 0 fully saturated rings. The van der Waals surface area contributed by atoms with Gasteiger partial charge >= 0.3 is 0 Å². The van der Waals surface area contributed by atoms with Crippen LogP contribution in [-0.2, 0) is 4.79 Å². The van der Waals surface area contributed by atoms with Crippen LogP contribution in [0.2, 0.25) is 0 Å². The topological polar surface area (TPSA) is 20.3 Å². The Hall–Kier alpha value is -0.540. The van der Waals surface area contributed by atoms with Gasteiger partial charge in [0.05, 0.1) is 20.6 Å². The highest BCUT2D eigenvalue weighted by molar-refractivity contribution is 5.77. The van der Waals surface area contributed by atoms with E-state index in [1.54, 1.807) is 0 Å². The Labute approximate surface area is 291 Å². The minimum atomic E-state index is 0. The predicted octanol–water partition coefficient (Wildman–Crippen LogP) is 9.82. The summed E-state index contributed by atoms with van der Waals surface area (Å²) in [5, 5.41) is 0. The number of halogens is 1. The molecule has 1 amide bonds. The Balaban J connectivity index is 0. The SMILES string of the molecule is C=CC[N+](C)(C)CC(=O)N(CCCCCCCCCCCCCCCC)CCCCCCCCCCCCCCCCCC.[Cl-]. The minimum absolute atomic E-state index is 0. The van der Waals surface area contributed by atoms with E-state index in [1.807, 2.05) is 6.08 Å². The summed E-state index contributed by atoms with van der Waals surface area (Å²) in [5.41, 5.74) is 0. The highest BCUT2D eigenvalue weighted by Gasteiger charge is 2.23. The normalized spacial score (nSPS) is 11.5. The lowest BCUT2D eigenvalue weighted by Gasteiger charge is -2.31. The molecule has 0 radical (unpaired) electrons. The van der Waals surface area contributed by atoms with Crippen LogP contribution in [0.1, 0.15) is 206 Å². The van der Waals surface area contributed by atoms with Crippen molar-refractivity contribution in [3.63, 3.8) is 0 Å². The van der Waals surface area contributed by atoms with E-state index in [-0.39, 0.29) is 12.4 Å². The van der Waals surface area contributed by atoms with Crippen LogP contribution >= 0.6 is 0 Å². The first-order chi connectivity index (χ1) is 21.5. The van der Waals surface area contributed by atoms with Crippen LogP contribution in [0.4, 0.5) is 0 Å². The molecule has 45 heavy (non-hydrogen) atoms. The maximum Gasteiger partial charge on any atom is 0.277 e. The summed E-state index contributed by atoms with van der Waals surface area (Å²) in [5.74, 6) is 0.340. The summed E-state index contributed by atoms with van der Waals surface area (Å²) in [6.07, 6.45) is 43.5. The van der Waals surface area contributed by atoms with Gasteiger partial charge in [-0.05, 0) is 18.9 Å². The monoisotopic (exact) mass is 655 g/mol. The van der Waals surface area contributed by atoms with Crippen molar-refractivity contribution >= 4 is 5.91 Å². The third-order valence-corrected chi connectivity index (χ3v) is 9.60. The van der Waals surface area contributed by atoms with Crippen LogP contribution in [0.5, 0.6) is 0 Å². The number of nitrogens with zero attached hydrogens (tertiary/aromatic N) is 2. The maximum absolute atomic E-state index is 13.3. The van der Waals surface area contributed by atoms with E-state index in [2.05, 4.69) is 39.4 Å². The van der Waals surface area contributed by atoms with Gasteiger partial charge in [-0.15, -0.1) is 0 Å². The lowest BCUT2D eigenvalue weighted by Crippen LogP contribution is -3.00. The second-order valence-electron chi connectivity index (χ2n) is 14.8. The molecule has 0 heterocycles. The Bertz CT molecular complexity index is 608. The molecule has 0 saturated carbocycles. The average molecular weight is 656 g/mol. The van der Waals surface area contributed by atoms with Gasteiger partial charge in [0.1, 0.15) is 0 Å². The number of rotatable bonds is 36. The van der Waals surface area contributed by atoms with Crippen LogP contribution in [0.3, 0.4) is 0 Å². The molecular formula is C41H83ClN2O. The van der Waals surface area contributed by atoms with Crippen molar-refractivity contribution in [3.8, 4) is 0 Å². The van der Waals surface area contributed by atoms with Crippen LogP contribution in [0.25, 0.3) is 0 Å². The lowest BCUT2D eigenvalue weighted by molar-refractivity contribution is -0.876. The number of unbranched alkanes of at least 4 members (excludes halogenated alkanes) is 28. The van der Waals surface area contributed by atoms with Crippen molar-refractivity contribution in [1.82, 2.24) is 4.90 Å². The second kappa shape index (κ2) is 36.3. The first-order valence-corrected chi connectivity index (χ1v) is 20.2. The Morgan fingerprint density at radius 1 is 0.489 bits per heavy atom. The molecule has 0 aromatic rings. The summed E-state index contributed by atoms with van der Waals surface area (Å²) in [7, 11) is 4.30. The first kappa shape index (κ1) is 46.6. The van der Waals surface area contributed by atoms with E-state index >= 15 is 0 Å². The van der Waals surface area contributed by atoms with E-state index in [9.17, 15) is 4.79 Å². The van der Waals surface area contributed by atoms with E-state index < -0.39 is 0 Å². The Morgan fingerprint density at radius 3 is 0.978 bits per heavy atom. The summed E-state index contributed by atoms with van der Waals surface area (Å²) in [6, 6.07) is 0. The fraction of sp³-hybridized carbons (Fsp3) is 0.927. The molecule has 0 atom stereocenters. The smallest absolute Gasteiger partial charge is 0.277 e. The molecule has 0 spiro atoms. The van der Waals surface area contributed by atoms with Gasteiger partial charge in [0.15, 0.2) is 6.54 Å². The molecule has 0 aromatic carbocycles. The highest BCUT2D eigenvalue weighted by atomic mass is 35.5. The van der Waals surface area contributed by atoms with Crippen molar-refractivity contribution in [2.24, 2.45) is 0 Å². The third kappa shape index (κ3) is 34.6.